The van der Waals surface area contributed by atoms with Gasteiger partial charge in [0.1, 0.15) is 11.6 Å². The first-order valence-electron chi connectivity index (χ1n) is 8.86. The van der Waals surface area contributed by atoms with Crippen molar-refractivity contribution in [2.24, 2.45) is 4.99 Å². The van der Waals surface area contributed by atoms with Crippen LogP contribution in [0.15, 0.2) is 70.5 Å². The van der Waals surface area contributed by atoms with Crippen LogP contribution in [0, 0.1) is 0 Å². The van der Waals surface area contributed by atoms with E-state index in [1.165, 1.54) is 5.56 Å². The number of nitrogens with zero attached hydrogens (tertiary/aromatic N) is 3. The smallest absolute Gasteiger partial charge is 0.191 e. The van der Waals surface area contributed by atoms with Crippen LogP contribution in [0.25, 0.3) is 0 Å². The highest BCUT2D eigenvalue weighted by atomic mass is 16.3. The number of benzene rings is 1. The molecule has 0 spiro atoms. The Balaban J connectivity index is 1.43. The molecule has 0 saturated carbocycles. The largest absolute Gasteiger partial charge is 0.469 e. The Morgan fingerprint density at radius 1 is 1.08 bits per heavy atom. The van der Waals surface area contributed by atoms with E-state index >= 15 is 0 Å². The number of aliphatic imine (C=N–C) groups is 1. The fourth-order valence-corrected chi connectivity index (χ4v) is 2.76. The standard InChI is InChI=1S/C20H25N5O/c1-21-20(23-11-9-18-8-5-15-26-18)24-12-10-19-22-13-14-25(19)16-17-6-3-2-4-7-17/h2-8,13-15H,9-12,16H2,1H3,(H2,21,23,24). The topological polar surface area (TPSA) is 67.4 Å². The second kappa shape index (κ2) is 9.46. The van der Waals surface area contributed by atoms with Gasteiger partial charge in [-0.3, -0.25) is 4.99 Å². The molecule has 0 aliphatic heterocycles. The Morgan fingerprint density at radius 2 is 1.88 bits per heavy atom. The molecule has 0 aliphatic carbocycles. The van der Waals surface area contributed by atoms with Gasteiger partial charge >= 0.3 is 0 Å². The third-order valence-corrected chi connectivity index (χ3v) is 4.11. The molecule has 2 aromatic heterocycles. The van der Waals surface area contributed by atoms with Crippen molar-refractivity contribution in [3.05, 3.63) is 78.3 Å². The molecule has 26 heavy (non-hydrogen) atoms. The molecule has 136 valence electrons. The summed E-state index contributed by atoms with van der Waals surface area (Å²) in [5.41, 5.74) is 1.27. The quantitative estimate of drug-likeness (QED) is 0.483. The van der Waals surface area contributed by atoms with E-state index in [0.29, 0.717) is 0 Å². The summed E-state index contributed by atoms with van der Waals surface area (Å²) < 4.78 is 7.51. The van der Waals surface area contributed by atoms with Gasteiger partial charge in [-0.1, -0.05) is 30.3 Å². The molecule has 0 unspecified atom stereocenters. The normalized spacial score (nSPS) is 11.5. The van der Waals surface area contributed by atoms with E-state index in [1.54, 1.807) is 13.3 Å². The summed E-state index contributed by atoms with van der Waals surface area (Å²) in [6.45, 7) is 2.38. The zero-order chi connectivity index (χ0) is 18.0. The van der Waals surface area contributed by atoms with Crippen LogP contribution in [0.5, 0.6) is 0 Å². The molecule has 0 amide bonds. The van der Waals surface area contributed by atoms with Crippen molar-refractivity contribution in [1.29, 1.82) is 0 Å². The van der Waals surface area contributed by atoms with E-state index in [4.69, 9.17) is 4.42 Å². The lowest BCUT2D eigenvalue weighted by molar-refractivity contribution is 0.507. The number of nitrogens with one attached hydrogen (secondary N) is 2. The molecule has 1 aromatic carbocycles. The van der Waals surface area contributed by atoms with Crippen molar-refractivity contribution in [2.75, 3.05) is 20.1 Å². The molecule has 0 fully saturated rings. The molecule has 0 saturated heterocycles. The van der Waals surface area contributed by atoms with Gasteiger partial charge in [-0.05, 0) is 17.7 Å². The van der Waals surface area contributed by atoms with E-state index in [0.717, 1.165) is 50.0 Å². The summed E-state index contributed by atoms with van der Waals surface area (Å²) in [6, 6.07) is 14.3. The Labute approximate surface area is 154 Å². The van der Waals surface area contributed by atoms with Gasteiger partial charge in [-0.2, -0.15) is 0 Å². The number of rotatable bonds is 8. The van der Waals surface area contributed by atoms with Crippen LogP contribution in [0.2, 0.25) is 0 Å². The number of aromatic nitrogens is 2. The lowest BCUT2D eigenvalue weighted by atomic mass is 10.2. The van der Waals surface area contributed by atoms with Crippen molar-refractivity contribution in [3.8, 4) is 0 Å². The third-order valence-electron chi connectivity index (χ3n) is 4.11. The van der Waals surface area contributed by atoms with Crippen molar-refractivity contribution < 1.29 is 4.42 Å². The summed E-state index contributed by atoms with van der Waals surface area (Å²) in [5, 5.41) is 6.63. The maximum Gasteiger partial charge on any atom is 0.191 e. The predicted octanol–water partition coefficient (Wildman–Crippen LogP) is 2.47. The van der Waals surface area contributed by atoms with E-state index < -0.39 is 0 Å². The fourth-order valence-electron chi connectivity index (χ4n) is 2.76. The minimum atomic E-state index is 0.770. The number of hydrogen-bond acceptors (Lipinski definition) is 3. The zero-order valence-electron chi connectivity index (χ0n) is 15.1. The fraction of sp³-hybridized carbons (Fsp3) is 0.300. The van der Waals surface area contributed by atoms with Gasteiger partial charge in [-0.25, -0.2) is 4.98 Å². The summed E-state index contributed by atoms with van der Waals surface area (Å²) >= 11 is 0. The van der Waals surface area contributed by atoms with Crippen LogP contribution < -0.4 is 10.6 Å². The van der Waals surface area contributed by atoms with E-state index in [2.05, 4.69) is 49.4 Å². The minimum Gasteiger partial charge on any atom is -0.469 e. The highest BCUT2D eigenvalue weighted by Crippen LogP contribution is 2.06. The number of furan rings is 1. The second-order valence-electron chi connectivity index (χ2n) is 5.96. The maximum absolute atomic E-state index is 5.33. The average molecular weight is 351 g/mol. The molecule has 6 nitrogen and oxygen atoms in total. The number of hydrogen-bond donors (Lipinski definition) is 2. The summed E-state index contributed by atoms with van der Waals surface area (Å²) in [5.74, 6) is 2.82. The van der Waals surface area contributed by atoms with Crippen LogP contribution in [-0.4, -0.2) is 35.6 Å². The van der Waals surface area contributed by atoms with E-state index in [-0.39, 0.29) is 0 Å². The lowest BCUT2D eigenvalue weighted by Crippen LogP contribution is -2.39. The Morgan fingerprint density at radius 3 is 2.62 bits per heavy atom. The molecule has 0 bridgehead atoms. The minimum absolute atomic E-state index is 0.770. The zero-order valence-corrected chi connectivity index (χ0v) is 15.1. The predicted molar refractivity (Wildman–Crippen MR) is 103 cm³/mol. The van der Waals surface area contributed by atoms with Gasteiger partial charge in [0.15, 0.2) is 5.96 Å². The summed E-state index contributed by atoms with van der Waals surface area (Å²) in [6.07, 6.45) is 7.24. The average Bonchev–Trinajstić information content (AvgIpc) is 3.34. The Kier molecular flexibility index (Phi) is 6.47. The number of guanidine groups is 1. The van der Waals surface area contributed by atoms with Crippen LogP contribution in [0.4, 0.5) is 0 Å². The van der Waals surface area contributed by atoms with Crippen LogP contribution in [-0.2, 0) is 19.4 Å². The van der Waals surface area contributed by atoms with Crippen LogP contribution in [0.1, 0.15) is 17.1 Å². The number of imidazole rings is 1. The van der Waals surface area contributed by atoms with Gasteiger partial charge in [0, 0.05) is 51.9 Å². The molecule has 2 N–H and O–H groups in total. The first kappa shape index (κ1) is 17.8. The van der Waals surface area contributed by atoms with Gasteiger partial charge in [-0.15, -0.1) is 0 Å². The van der Waals surface area contributed by atoms with Gasteiger partial charge < -0.3 is 19.6 Å². The molecule has 0 aliphatic rings. The lowest BCUT2D eigenvalue weighted by Gasteiger charge is -2.12. The van der Waals surface area contributed by atoms with E-state index in [9.17, 15) is 0 Å². The van der Waals surface area contributed by atoms with Crippen molar-refractivity contribution >= 4 is 5.96 Å². The SMILES string of the molecule is CN=C(NCCc1ccco1)NCCc1nccn1Cc1ccccc1. The summed E-state index contributed by atoms with van der Waals surface area (Å²) in [4.78, 5) is 8.73. The van der Waals surface area contributed by atoms with Crippen molar-refractivity contribution in [1.82, 2.24) is 20.2 Å². The maximum atomic E-state index is 5.33. The van der Waals surface area contributed by atoms with Gasteiger partial charge in [0.25, 0.3) is 0 Å². The van der Waals surface area contributed by atoms with Gasteiger partial charge in [0.2, 0.25) is 0 Å². The van der Waals surface area contributed by atoms with E-state index in [1.807, 2.05) is 30.6 Å². The molecule has 0 atom stereocenters. The molecule has 2 heterocycles. The first-order valence-corrected chi connectivity index (χ1v) is 8.86. The van der Waals surface area contributed by atoms with Crippen molar-refractivity contribution in [2.45, 2.75) is 19.4 Å². The monoisotopic (exact) mass is 351 g/mol. The molecule has 6 heteroatoms. The second-order valence-corrected chi connectivity index (χ2v) is 5.96. The highest BCUT2D eigenvalue weighted by Gasteiger charge is 2.05. The van der Waals surface area contributed by atoms with Crippen LogP contribution >= 0.6 is 0 Å². The molecule has 3 rings (SSSR count). The molecule has 0 radical (unpaired) electrons. The molecular weight excluding hydrogens is 326 g/mol. The summed E-state index contributed by atoms with van der Waals surface area (Å²) in [7, 11) is 1.78. The first-order chi connectivity index (χ1) is 12.8. The van der Waals surface area contributed by atoms with Gasteiger partial charge in [0.05, 0.1) is 6.26 Å². The Bertz CT molecular complexity index is 793. The van der Waals surface area contributed by atoms with Crippen molar-refractivity contribution in [3.63, 3.8) is 0 Å². The Hall–Kier alpha value is -3.02. The van der Waals surface area contributed by atoms with Crippen LogP contribution in [0.3, 0.4) is 0 Å². The third kappa shape index (κ3) is 5.24. The molecular formula is C20H25N5O. The highest BCUT2D eigenvalue weighted by molar-refractivity contribution is 5.79. The molecule has 3 aromatic rings.